The maximum Gasteiger partial charge on any atom is 0.0360 e. The van der Waals surface area contributed by atoms with Crippen LogP contribution in [0.25, 0.3) is 0 Å². The molecule has 0 radical (unpaired) electrons. The normalized spacial score (nSPS) is 29.4. The first kappa shape index (κ1) is 13.4. The Morgan fingerprint density at radius 3 is 2.94 bits per heavy atom. The van der Waals surface area contributed by atoms with Gasteiger partial charge in [0.05, 0.1) is 0 Å². The second kappa shape index (κ2) is 6.25. The molecule has 0 amide bonds. The minimum atomic E-state index is 0.495. The Kier molecular flexibility index (Phi) is 4.66. The molecule has 1 fully saturated rings. The zero-order valence-electron chi connectivity index (χ0n) is 11.7. The van der Waals surface area contributed by atoms with Crippen LogP contribution in [0.5, 0.6) is 0 Å². The van der Waals surface area contributed by atoms with Crippen molar-refractivity contribution in [1.82, 2.24) is 5.32 Å². The molecule has 0 unspecified atom stereocenters. The Bertz CT molecular complexity index is 383. The minimum Gasteiger partial charge on any atom is -0.310 e. The highest BCUT2D eigenvalue weighted by Gasteiger charge is 2.34. The lowest BCUT2D eigenvalue weighted by Gasteiger charge is -2.29. The maximum atomic E-state index is 5.65. The predicted octanol–water partition coefficient (Wildman–Crippen LogP) is 3.68. The highest BCUT2D eigenvalue weighted by Crippen LogP contribution is 2.35. The molecule has 0 spiro atoms. The SMILES string of the molecule is C#CC1=CCCC=C1[C@H]1NCC[C@H]1[C@H](C)CCC. The van der Waals surface area contributed by atoms with Gasteiger partial charge in [-0.3, -0.25) is 0 Å². The summed E-state index contributed by atoms with van der Waals surface area (Å²) in [6, 6.07) is 0.495. The van der Waals surface area contributed by atoms with Gasteiger partial charge < -0.3 is 5.32 Å². The van der Waals surface area contributed by atoms with E-state index >= 15 is 0 Å². The molecule has 2 aliphatic rings. The quantitative estimate of drug-likeness (QED) is 0.743. The van der Waals surface area contributed by atoms with Crippen LogP contribution in [0.4, 0.5) is 0 Å². The number of rotatable bonds is 4. The van der Waals surface area contributed by atoms with Gasteiger partial charge in [0.2, 0.25) is 0 Å². The Hall–Kier alpha value is -1.00. The van der Waals surface area contributed by atoms with E-state index in [2.05, 4.69) is 37.2 Å². The van der Waals surface area contributed by atoms with E-state index in [1.165, 1.54) is 24.8 Å². The molecular formula is C17H25N. The van der Waals surface area contributed by atoms with Gasteiger partial charge in [-0.05, 0) is 43.2 Å². The molecule has 0 aromatic carbocycles. The number of terminal acetylenes is 1. The first-order valence-electron chi connectivity index (χ1n) is 7.38. The fourth-order valence-electron chi connectivity index (χ4n) is 3.48. The molecule has 1 aliphatic heterocycles. The Morgan fingerprint density at radius 1 is 1.44 bits per heavy atom. The van der Waals surface area contributed by atoms with Crippen LogP contribution in [0.1, 0.15) is 46.0 Å². The summed E-state index contributed by atoms with van der Waals surface area (Å²) < 4.78 is 0. The van der Waals surface area contributed by atoms with E-state index in [0.29, 0.717) is 6.04 Å². The van der Waals surface area contributed by atoms with Gasteiger partial charge in [-0.2, -0.15) is 0 Å². The van der Waals surface area contributed by atoms with Crippen molar-refractivity contribution in [2.75, 3.05) is 6.54 Å². The summed E-state index contributed by atoms with van der Waals surface area (Å²) in [7, 11) is 0. The first-order valence-corrected chi connectivity index (χ1v) is 7.38. The molecule has 1 aliphatic carbocycles. The zero-order chi connectivity index (χ0) is 13.0. The average Bonchev–Trinajstić information content (AvgIpc) is 2.88. The van der Waals surface area contributed by atoms with Gasteiger partial charge >= 0.3 is 0 Å². The molecule has 18 heavy (non-hydrogen) atoms. The van der Waals surface area contributed by atoms with E-state index in [4.69, 9.17) is 6.42 Å². The van der Waals surface area contributed by atoms with Crippen LogP contribution in [0.15, 0.2) is 23.3 Å². The van der Waals surface area contributed by atoms with Crippen LogP contribution in [0.3, 0.4) is 0 Å². The summed E-state index contributed by atoms with van der Waals surface area (Å²) in [6.07, 6.45) is 16.4. The van der Waals surface area contributed by atoms with Gasteiger partial charge in [-0.1, -0.05) is 44.8 Å². The fraction of sp³-hybridized carbons (Fsp3) is 0.647. The summed E-state index contributed by atoms with van der Waals surface area (Å²) in [5, 5.41) is 3.68. The first-order chi connectivity index (χ1) is 8.77. The van der Waals surface area contributed by atoms with Crippen LogP contribution in [-0.2, 0) is 0 Å². The fourth-order valence-corrected chi connectivity index (χ4v) is 3.48. The standard InChI is InChI=1S/C17H25N/c1-4-8-13(3)15-11-12-18-17(15)16-10-7-6-9-14(16)5-2/h2,9-10,13,15,17-18H,4,6-8,11-12H2,1,3H3/t13-,15+,17+/m1/s1. The summed E-state index contributed by atoms with van der Waals surface area (Å²) in [5.74, 6) is 4.42. The van der Waals surface area contributed by atoms with Crippen LogP contribution < -0.4 is 5.32 Å². The van der Waals surface area contributed by atoms with Gasteiger partial charge in [-0.15, -0.1) is 6.42 Å². The number of nitrogens with one attached hydrogen (secondary N) is 1. The predicted molar refractivity (Wildman–Crippen MR) is 78.2 cm³/mol. The summed E-state index contributed by atoms with van der Waals surface area (Å²) in [6.45, 7) is 5.82. The van der Waals surface area contributed by atoms with E-state index in [0.717, 1.165) is 36.8 Å². The van der Waals surface area contributed by atoms with Crippen molar-refractivity contribution in [3.05, 3.63) is 23.3 Å². The molecule has 3 atom stereocenters. The highest BCUT2D eigenvalue weighted by molar-refractivity contribution is 5.49. The Morgan fingerprint density at radius 2 is 2.22 bits per heavy atom. The van der Waals surface area contributed by atoms with Gasteiger partial charge in [0, 0.05) is 11.6 Å². The van der Waals surface area contributed by atoms with Crippen LogP contribution in [0, 0.1) is 24.2 Å². The van der Waals surface area contributed by atoms with Gasteiger partial charge in [-0.25, -0.2) is 0 Å². The van der Waals surface area contributed by atoms with Crippen LogP contribution in [-0.4, -0.2) is 12.6 Å². The van der Waals surface area contributed by atoms with Crippen molar-refractivity contribution < 1.29 is 0 Å². The van der Waals surface area contributed by atoms with Crippen LogP contribution in [0.2, 0.25) is 0 Å². The van der Waals surface area contributed by atoms with Crippen LogP contribution >= 0.6 is 0 Å². The van der Waals surface area contributed by atoms with E-state index in [1.807, 2.05) is 0 Å². The molecule has 0 saturated carbocycles. The van der Waals surface area contributed by atoms with Gasteiger partial charge in [0.25, 0.3) is 0 Å². The average molecular weight is 243 g/mol. The molecule has 1 saturated heterocycles. The lowest BCUT2D eigenvalue weighted by Crippen LogP contribution is -2.33. The molecule has 1 heteroatoms. The molecule has 98 valence electrons. The lowest BCUT2D eigenvalue weighted by atomic mass is 9.79. The van der Waals surface area contributed by atoms with E-state index < -0.39 is 0 Å². The molecule has 0 bridgehead atoms. The summed E-state index contributed by atoms with van der Waals surface area (Å²) >= 11 is 0. The monoisotopic (exact) mass is 243 g/mol. The van der Waals surface area contributed by atoms with E-state index in [1.54, 1.807) is 0 Å². The van der Waals surface area contributed by atoms with Crippen molar-refractivity contribution in [3.8, 4) is 12.3 Å². The molecular weight excluding hydrogens is 218 g/mol. The number of hydrogen-bond donors (Lipinski definition) is 1. The molecule has 0 aromatic rings. The second-order valence-corrected chi connectivity index (χ2v) is 5.65. The van der Waals surface area contributed by atoms with Gasteiger partial charge in [0.1, 0.15) is 0 Å². The largest absolute Gasteiger partial charge is 0.310 e. The van der Waals surface area contributed by atoms with Gasteiger partial charge in [0.15, 0.2) is 0 Å². The van der Waals surface area contributed by atoms with Crippen molar-refractivity contribution in [1.29, 1.82) is 0 Å². The minimum absolute atomic E-state index is 0.495. The summed E-state index contributed by atoms with van der Waals surface area (Å²) in [4.78, 5) is 0. The topological polar surface area (TPSA) is 12.0 Å². The maximum absolute atomic E-state index is 5.65. The third-order valence-electron chi connectivity index (χ3n) is 4.43. The number of allylic oxidation sites excluding steroid dienone is 2. The summed E-state index contributed by atoms with van der Waals surface area (Å²) in [5.41, 5.74) is 2.53. The van der Waals surface area contributed by atoms with E-state index in [-0.39, 0.29) is 0 Å². The zero-order valence-corrected chi connectivity index (χ0v) is 11.7. The Balaban J connectivity index is 2.14. The second-order valence-electron chi connectivity index (χ2n) is 5.65. The molecule has 1 heterocycles. The molecule has 0 aromatic heterocycles. The van der Waals surface area contributed by atoms with Crippen molar-refractivity contribution in [3.63, 3.8) is 0 Å². The molecule has 2 rings (SSSR count). The number of hydrogen-bond acceptors (Lipinski definition) is 1. The Labute approximate surface area is 112 Å². The highest BCUT2D eigenvalue weighted by atomic mass is 15.0. The van der Waals surface area contributed by atoms with Crippen molar-refractivity contribution in [2.45, 2.75) is 52.0 Å². The van der Waals surface area contributed by atoms with Crippen molar-refractivity contribution in [2.24, 2.45) is 11.8 Å². The van der Waals surface area contributed by atoms with E-state index in [9.17, 15) is 0 Å². The lowest BCUT2D eigenvalue weighted by molar-refractivity contribution is 0.323. The third-order valence-corrected chi connectivity index (χ3v) is 4.43. The van der Waals surface area contributed by atoms with Crippen molar-refractivity contribution >= 4 is 0 Å². The molecule has 1 N–H and O–H groups in total. The third kappa shape index (κ3) is 2.70. The molecule has 1 nitrogen and oxygen atoms in total. The smallest absolute Gasteiger partial charge is 0.0360 e.